The molecule has 0 aromatic heterocycles. The SMILES string of the molecule is CO[C@@H]1C[N+]([O-])(C2C[C@H](O[C@H]3C[C@](O)(C(=O)CO)Cc4c(O)c5c(c(O)c43)C(=O)c3c(NC(=O)C(F)(F)F)cccc3C5=O)O[C@@H](C)[C@H]2O)CCO1. The molecule has 0 bridgehead atoms. The number of hydrogen-bond acceptors (Lipinski definition) is 14. The van der Waals surface area contributed by atoms with Gasteiger partial charge in [-0.15, -0.1) is 0 Å². The predicted octanol–water partition coefficient (Wildman–Crippen LogP) is 0.852. The third kappa shape index (κ3) is 6.24. The lowest BCUT2D eigenvalue weighted by atomic mass is 9.71. The molecule has 0 radical (unpaired) electrons. The van der Waals surface area contributed by atoms with E-state index >= 15 is 0 Å². The molecule has 1 amide bonds. The van der Waals surface area contributed by atoms with E-state index in [-0.39, 0.29) is 26.1 Å². The van der Waals surface area contributed by atoms with Crippen LogP contribution in [-0.2, 0) is 35.0 Å². The molecule has 2 fully saturated rings. The van der Waals surface area contributed by atoms with Crippen molar-refractivity contribution in [2.45, 2.75) is 74.9 Å². The number of hydroxylamine groups is 3. The zero-order valence-corrected chi connectivity index (χ0v) is 27.6. The van der Waals surface area contributed by atoms with E-state index < -0.39 is 147 Å². The maximum atomic E-state index is 14.0. The average molecular weight is 741 g/mol. The summed E-state index contributed by atoms with van der Waals surface area (Å²) in [4.78, 5) is 52.4. The van der Waals surface area contributed by atoms with E-state index in [1.54, 1.807) is 5.32 Å². The summed E-state index contributed by atoms with van der Waals surface area (Å²) in [5, 5.41) is 71.0. The number of aliphatic hydroxyl groups excluding tert-OH is 2. The fourth-order valence-electron chi connectivity index (χ4n) is 7.50. The minimum atomic E-state index is -5.37. The number of rotatable bonds is 7. The number of nitrogens with zero attached hydrogens (tertiary/aromatic N) is 1. The van der Waals surface area contributed by atoms with E-state index in [9.17, 15) is 63.1 Å². The average Bonchev–Trinajstić information content (AvgIpc) is 3.09. The summed E-state index contributed by atoms with van der Waals surface area (Å²) in [5.74, 6) is -7.94. The maximum absolute atomic E-state index is 14.0. The first-order chi connectivity index (χ1) is 24.3. The second-order valence-corrected chi connectivity index (χ2v) is 13.3. The van der Waals surface area contributed by atoms with E-state index in [2.05, 4.69) is 0 Å². The number of ether oxygens (including phenoxy) is 4. The second-order valence-electron chi connectivity index (χ2n) is 13.3. The number of nitrogens with one attached hydrogen (secondary N) is 1. The first-order valence-corrected chi connectivity index (χ1v) is 16.1. The molecule has 19 heteroatoms. The summed E-state index contributed by atoms with van der Waals surface area (Å²) >= 11 is 0. The van der Waals surface area contributed by atoms with Gasteiger partial charge in [-0.1, -0.05) is 12.1 Å². The van der Waals surface area contributed by atoms with Crippen LogP contribution in [0.15, 0.2) is 18.2 Å². The Labute approximate surface area is 292 Å². The third-order valence-corrected chi connectivity index (χ3v) is 10.2. The van der Waals surface area contributed by atoms with Crippen LogP contribution in [-0.4, -0.2) is 129 Å². The van der Waals surface area contributed by atoms with Crippen LogP contribution in [0.25, 0.3) is 0 Å². The van der Waals surface area contributed by atoms with E-state index in [1.807, 2.05) is 0 Å². The number of phenolic OH excluding ortho intramolecular Hbond substituents is 2. The number of alkyl halides is 3. The van der Waals surface area contributed by atoms with Crippen molar-refractivity contribution in [2.24, 2.45) is 0 Å². The first kappa shape index (κ1) is 37.7. The quantitative estimate of drug-likeness (QED) is 0.112. The number of aromatic hydroxyl groups is 2. The van der Waals surface area contributed by atoms with Gasteiger partial charge in [0.25, 0.3) is 0 Å². The summed E-state index contributed by atoms with van der Waals surface area (Å²) in [6.07, 6.45) is -13.4. The van der Waals surface area contributed by atoms with Gasteiger partial charge >= 0.3 is 12.1 Å². The van der Waals surface area contributed by atoms with Crippen molar-refractivity contribution in [3.8, 4) is 11.5 Å². The number of carbonyl (C=O) groups is 4. The highest BCUT2D eigenvalue weighted by molar-refractivity contribution is 6.32. The van der Waals surface area contributed by atoms with Crippen molar-refractivity contribution < 1.29 is 81.5 Å². The largest absolute Gasteiger partial charge is 0.632 e. The van der Waals surface area contributed by atoms with Gasteiger partial charge in [-0.3, -0.25) is 19.2 Å². The van der Waals surface area contributed by atoms with Gasteiger partial charge in [0, 0.05) is 36.6 Å². The van der Waals surface area contributed by atoms with Gasteiger partial charge in [0.1, 0.15) is 48.9 Å². The molecule has 0 saturated carbocycles. The molecule has 6 rings (SSSR count). The van der Waals surface area contributed by atoms with Crippen LogP contribution >= 0.6 is 0 Å². The van der Waals surface area contributed by atoms with Gasteiger partial charge in [-0.25, -0.2) is 0 Å². The van der Waals surface area contributed by atoms with Crippen molar-refractivity contribution in [3.05, 3.63) is 56.8 Å². The lowest BCUT2D eigenvalue weighted by Crippen LogP contribution is -2.67. The normalized spacial score (nSPS) is 31.7. The van der Waals surface area contributed by atoms with E-state index in [4.69, 9.17) is 18.9 Å². The van der Waals surface area contributed by atoms with Crippen molar-refractivity contribution >= 4 is 28.9 Å². The maximum Gasteiger partial charge on any atom is 0.471 e. The Morgan fingerprint density at radius 2 is 1.81 bits per heavy atom. The highest BCUT2D eigenvalue weighted by Crippen LogP contribution is 2.52. The van der Waals surface area contributed by atoms with Crippen molar-refractivity contribution in [3.63, 3.8) is 0 Å². The molecular weight excluding hydrogens is 705 g/mol. The molecule has 2 aromatic carbocycles. The zero-order chi connectivity index (χ0) is 38.1. The third-order valence-electron chi connectivity index (χ3n) is 10.2. The van der Waals surface area contributed by atoms with Gasteiger partial charge in [-0.05, 0) is 13.0 Å². The molecule has 16 nitrogen and oxygen atoms in total. The highest BCUT2D eigenvalue weighted by Gasteiger charge is 2.52. The van der Waals surface area contributed by atoms with Crippen molar-refractivity contribution in [2.75, 3.05) is 38.7 Å². The van der Waals surface area contributed by atoms with Crippen LogP contribution in [0.5, 0.6) is 11.5 Å². The summed E-state index contributed by atoms with van der Waals surface area (Å²) in [6.45, 7) is 0.0383. The molecular formula is C33H35F3N2O14. The number of amides is 1. The number of Topliss-reactive ketones (excluding diaryl/α,β-unsaturated/α-hetero) is 1. The number of morpholine rings is 1. The zero-order valence-electron chi connectivity index (χ0n) is 27.6. The number of anilines is 1. The van der Waals surface area contributed by atoms with E-state index in [1.165, 1.54) is 14.0 Å². The summed E-state index contributed by atoms with van der Waals surface area (Å²) in [7, 11) is 1.35. The van der Waals surface area contributed by atoms with Crippen LogP contribution < -0.4 is 5.32 Å². The standard InChI is InChI=1S/C33H35F3N2O14/c1-13-26(41)17(38(48)6-7-50-21(11-38)49-2)8-20(51-13)52-18-10-32(47,19(40)12-39)9-15-23(18)30(45)25-24(28(15)43)27(42)14-4-3-5-16(22(14)29(25)44)37-31(46)33(34,35)36/h3-5,13,17-18,20-21,26,39,41,43,45,47H,6-12H2,1-2H3,(H,37,46)/t13-,17?,18-,20-,21-,26+,32-,38?/m0/s1. The molecule has 8 atom stereocenters. The van der Waals surface area contributed by atoms with Gasteiger partial charge in [0.2, 0.25) is 6.29 Å². The lowest BCUT2D eigenvalue weighted by molar-refractivity contribution is -0.926. The van der Waals surface area contributed by atoms with Crippen LogP contribution in [0.3, 0.4) is 0 Å². The fraction of sp³-hybridized carbons (Fsp3) is 0.515. The van der Waals surface area contributed by atoms with Crippen molar-refractivity contribution in [1.29, 1.82) is 0 Å². The first-order valence-electron chi connectivity index (χ1n) is 16.1. The Morgan fingerprint density at radius 1 is 1.12 bits per heavy atom. The van der Waals surface area contributed by atoms with Crippen LogP contribution in [0, 0.1) is 5.21 Å². The smallest absolute Gasteiger partial charge is 0.471 e. The second kappa shape index (κ2) is 13.4. The molecule has 2 heterocycles. The van der Waals surface area contributed by atoms with E-state index in [0.717, 1.165) is 18.2 Å². The number of ketones is 3. The summed E-state index contributed by atoms with van der Waals surface area (Å²) in [6, 6.07) is 1.98. The Balaban J connectivity index is 1.44. The molecule has 0 spiro atoms. The van der Waals surface area contributed by atoms with Crippen LogP contribution in [0.4, 0.5) is 18.9 Å². The monoisotopic (exact) mass is 740 g/mol. The van der Waals surface area contributed by atoms with Crippen LogP contribution in [0.1, 0.15) is 68.8 Å². The van der Waals surface area contributed by atoms with E-state index in [0.29, 0.717) is 0 Å². The molecule has 6 N–H and O–H groups in total. The molecule has 2 aliphatic heterocycles. The number of fused-ring (bicyclic) bond motifs is 3. The van der Waals surface area contributed by atoms with Crippen LogP contribution in [0.2, 0.25) is 0 Å². The number of methoxy groups -OCH3 is 1. The Bertz CT molecular complexity index is 1840. The molecule has 52 heavy (non-hydrogen) atoms. The summed E-state index contributed by atoms with van der Waals surface area (Å²) in [5.41, 5.74) is -6.89. The molecule has 4 aliphatic rings. The number of phenols is 2. The number of carbonyl (C=O) groups excluding carboxylic acids is 4. The van der Waals surface area contributed by atoms with Gasteiger partial charge in [0.05, 0.1) is 47.6 Å². The highest BCUT2D eigenvalue weighted by atomic mass is 19.4. The molecule has 2 aromatic rings. The fourth-order valence-corrected chi connectivity index (χ4v) is 7.50. The van der Waals surface area contributed by atoms with Gasteiger partial charge in [-0.2, -0.15) is 13.2 Å². The lowest BCUT2D eigenvalue weighted by Gasteiger charge is -2.56. The summed E-state index contributed by atoms with van der Waals surface area (Å²) < 4.78 is 61.1. The number of quaternary nitrogens is 1. The van der Waals surface area contributed by atoms with Gasteiger partial charge in [0.15, 0.2) is 23.6 Å². The number of hydrogen-bond donors (Lipinski definition) is 6. The van der Waals surface area contributed by atoms with Crippen molar-refractivity contribution in [1.82, 2.24) is 0 Å². The molecule has 2 unspecified atom stereocenters. The number of aliphatic hydroxyl groups is 3. The topological polar surface area (TPSA) is 241 Å². The Hall–Kier alpha value is -4.05. The number of benzene rings is 2. The molecule has 2 aliphatic carbocycles. The molecule has 282 valence electrons. The van der Waals surface area contributed by atoms with Gasteiger partial charge < -0.3 is 59.7 Å². The Morgan fingerprint density at radius 3 is 2.46 bits per heavy atom. The Kier molecular flexibility index (Phi) is 9.73. The number of halogens is 3. The minimum absolute atomic E-state index is 0.00797. The predicted molar refractivity (Wildman–Crippen MR) is 166 cm³/mol. The molecule has 2 saturated heterocycles. The minimum Gasteiger partial charge on any atom is -0.632 e.